The number of unbranched alkanes of at least 4 members (excludes halogenated alkanes) is 9. The number of rotatable bonds is 22. The minimum absolute atomic E-state index is 0.147. The number of carbonyl (C=O) groups is 2. The van der Waals surface area contributed by atoms with E-state index in [1.165, 1.54) is 88.2 Å². The zero-order chi connectivity index (χ0) is 36.5. The number of ether oxygens (including phenoxy) is 3. The van der Waals surface area contributed by atoms with Crippen LogP contribution in [-0.4, -0.2) is 54.0 Å². The van der Waals surface area contributed by atoms with Gasteiger partial charge in [-0.05, 0) is 56.6 Å². The van der Waals surface area contributed by atoms with Gasteiger partial charge >= 0.3 is 11.9 Å². The molecule has 6 heteroatoms. The van der Waals surface area contributed by atoms with Crippen molar-refractivity contribution in [2.45, 2.75) is 166 Å². The predicted molar refractivity (Wildman–Crippen MR) is 209 cm³/mol. The molecule has 2 aromatic carbocycles. The molecule has 3 unspecified atom stereocenters. The molecule has 0 N–H and O–H groups in total. The normalized spacial score (nSPS) is 21.6. The maximum atomic E-state index is 14.6. The Morgan fingerprint density at radius 2 is 1.29 bits per heavy atom. The molecule has 2 aromatic rings. The molecule has 0 radical (unpaired) electrons. The molecule has 3 heterocycles. The number of carbonyl (C=O) groups excluding carboxylic acids is 2. The van der Waals surface area contributed by atoms with Gasteiger partial charge in [0.05, 0.1) is 25.2 Å². The molecule has 0 amide bonds. The molecule has 2 bridgehead atoms. The number of quaternary nitrogens is 1. The zero-order valence-corrected chi connectivity index (χ0v) is 32.2. The molecule has 1 spiro atoms. The molecular formula is C46H66NO5+. The highest BCUT2D eigenvalue weighted by atomic mass is 16.7. The van der Waals surface area contributed by atoms with Crippen molar-refractivity contribution >= 4 is 11.9 Å². The number of benzene rings is 2. The SMILES string of the molecule is CCCCC/C=C\C/C=C\CCCCCCCCC(=O)OC(C)OC(C(=O)OC1CC2CCC(C1)[N+]21CCCC1)(c1ccccc1)c1ccccc1. The van der Waals surface area contributed by atoms with Gasteiger partial charge in [-0.3, -0.25) is 4.79 Å². The zero-order valence-electron chi connectivity index (χ0n) is 32.2. The summed E-state index contributed by atoms with van der Waals surface area (Å²) >= 11 is 0. The molecule has 6 nitrogen and oxygen atoms in total. The third-order valence-electron chi connectivity index (χ3n) is 11.9. The summed E-state index contributed by atoms with van der Waals surface area (Å²) in [4.78, 5) is 27.7. The third-order valence-corrected chi connectivity index (χ3v) is 11.9. The molecule has 0 aromatic heterocycles. The van der Waals surface area contributed by atoms with E-state index >= 15 is 0 Å². The van der Waals surface area contributed by atoms with Gasteiger partial charge in [0.1, 0.15) is 6.10 Å². The van der Waals surface area contributed by atoms with Crippen molar-refractivity contribution in [2.24, 2.45) is 0 Å². The van der Waals surface area contributed by atoms with E-state index < -0.39 is 17.9 Å². The van der Waals surface area contributed by atoms with Crippen LogP contribution in [0.4, 0.5) is 0 Å². The molecule has 0 saturated carbocycles. The first-order valence-corrected chi connectivity index (χ1v) is 20.8. The van der Waals surface area contributed by atoms with Crippen LogP contribution in [0.5, 0.6) is 0 Å². The maximum Gasteiger partial charge on any atom is 0.348 e. The van der Waals surface area contributed by atoms with E-state index in [9.17, 15) is 9.59 Å². The topological polar surface area (TPSA) is 61.8 Å². The highest BCUT2D eigenvalue weighted by molar-refractivity contribution is 5.86. The number of hydrogen-bond acceptors (Lipinski definition) is 5. The van der Waals surface area contributed by atoms with Gasteiger partial charge in [-0.25, -0.2) is 4.79 Å². The molecule has 3 aliphatic heterocycles. The van der Waals surface area contributed by atoms with E-state index in [1.54, 1.807) is 6.92 Å². The lowest BCUT2D eigenvalue weighted by Crippen LogP contribution is -2.60. The van der Waals surface area contributed by atoms with Crippen LogP contribution in [0.2, 0.25) is 0 Å². The van der Waals surface area contributed by atoms with Crippen LogP contribution in [0.3, 0.4) is 0 Å². The van der Waals surface area contributed by atoms with Crippen molar-refractivity contribution in [3.63, 3.8) is 0 Å². The minimum atomic E-state index is -1.57. The van der Waals surface area contributed by atoms with E-state index in [2.05, 4.69) is 31.2 Å². The van der Waals surface area contributed by atoms with E-state index in [4.69, 9.17) is 14.2 Å². The van der Waals surface area contributed by atoms with Crippen LogP contribution in [0.1, 0.15) is 147 Å². The van der Waals surface area contributed by atoms with Gasteiger partial charge in [-0.1, -0.05) is 130 Å². The number of esters is 2. The van der Waals surface area contributed by atoms with Crippen LogP contribution < -0.4 is 0 Å². The smallest absolute Gasteiger partial charge is 0.348 e. The first-order valence-electron chi connectivity index (χ1n) is 20.8. The molecule has 52 heavy (non-hydrogen) atoms. The minimum Gasteiger partial charge on any atom is -0.459 e. The second-order valence-electron chi connectivity index (χ2n) is 15.6. The van der Waals surface area contributed by atoms with Gasteiger partial charge in [0.25, 0.3) is 0 Å². The Balaban J connectivity index is 1.10. The lowest BCUT2D eigenvalue weighted by Gasteiger charge is -2.47. The van der Waals surface area contributed by atoms with Crippen molar-refractivity contribution in [2.75, 3.05) is 13.1 Å². The Labute approximate surface area is 314 Å². The average molecular weight is 713 g/mol. The molecule has 5 rings (SSSR count). The summed E-state index contributed by atoms with van der Waals surface area (Å²) in [5.74, 6) is -0.735. The standard InChI is InChI=1S/C46H66NO5/c1-3-4-5-6-7-8-9-10-11-12-13-14-15-16-17-24-31-44(48)50-38(2)52-46(39-27-20-18-21-28-39,40-29-22-19-23-30-40)45(49)51-43-36-41-32-33-42(37-43)47(41)34-25-26-35-47/h7-8,10-11,18-23,27-30,38,41-43H,3-6,9,12-17,24-26,31-37H2,1-2H3/q+1/b8-7-,11-10-. The number of hydrogen-bond donors (Lipinski definition) is 0. The largest absolute Gasteiger partial charge is 0.459 e. The van der Waals surface area contributed by atoms with E-state index in [0.29, 0.717) is 29.6 Å². The summed E-state index contributed by atoms with van der Waals surface area (Å²) < 4.78 is 20.2. The molecule has 284 valence electrons. The first-order chi connectivity index (χ1) is 25.5. The number of allylic oxidation sites excluding steroid dienone is 4. The summed E-state index contributed by atoms with van der Waals surface area (Å²) in [6.45, 7) is 6.51. The van der Waals surface area contributed by atoms with E-state index in [0.717, 1.165) is 44.9 Å². The molecule has 3 aliphatic rings. The Bertz CT molecular complexity index is 1340. The Kier molecular flexibility index (Phi) is 16.0. The van der Waals surface area contributed by atoms with Gasteiger partial charge in [-0.2, -0.15) is 0 Å². The van der Waals surface area contributed by atoms with Crippen molar-refractivity contribution in [3.8, 4) is 0 Å². The average Bonchev–Trinajstić information content (AvgIpc) is 3.70. The molecule has 0 aliphatic carbocycles. The molecule has 3 fully saturated rings. The lowest BCUT2D eigenvalue weighted by molar-refractivity contribution is -0.956. The van der Waals surface area contributed by atoms with Crippen LogP contribution in [0, 0.1) is 0 Å². The van der Waals surface area contributed by atoms with Gasteiger partial charge in [0.15, 0.2) is 0 Å². The second-order valence-corrected chi connectivity index (χ2v) is 15.6. The van der Waals surface area contributed by atoms with E-state index in [1.807, 2.05) is 60.7 Å². The van der Waals surface area contributed by atoms with Gasteiger partial charge < -0.3 is 18.7 Å². The fraction of sp³-hybridized carbons (Fsp3) is 0.609. The quantitative estimate of drug-likeness (QED) is 0.0400. The van der Waals surface area contributed by atoms with Crippen molar-refractivity contribution < 1.29 is 28.3 Å². The van der Waals surface area contributed by atoms with Crippen LogP contribution in [0.25, 0.3) is 0 Å². The van der Waals surface area contributed by atoms with Gasteiger partial charge in [0.2, 0.25) is 11.9 Å². The highest BCUT2D eigenvalue weighted by Gasteiger charge is 2.57. The summed E-state index contributed by atoms with van der Waals surface area (Å²) in [7, 11) is 0. The predicted octanol–water partition coefficient (Wildman–Crippen LogP) is 10.9. The Hall–Kier alpha value is -3.22. The maximum absolute atomic E-state index is 14.6. The molecule has 3 atom stereocenters. The van der Waals surface area contributed by atoms with Crippen molar-refractivity contribution in [1.29, 1.82) is 0 Å². The summed E-state index contributed by atoms with van der Waals surface area (Å²) in [5.41, 5.74) is -0.235. The van der Waals surface area contributed by atoms with Crippen molar-refractivity contribution in [1.82, 2.24) is 0 Å². The van der Waals surface area contributed by atoms with Crippen molar-refractivity contribution in [3.05, 3.63) is 96.1 Å². The van der Waals surface area contributed by atoms with E-state index in [-0.39, 0.29) is 12.1 Å². The fourth-order valence-corrected chi connectivity index (χ4v) is 9.25. The Morgan fingerprint density at radius 1 is 0.750 bits per heavy atom. The van der Waals surface area contributed by atoms with Crippen LogP contribution in [0.15, 0.2) is 85.0 Å². The fourth-order valence-electron chi connectivity index (χ4n) is 9.25. The number of nitrogens with zero attached hydrogens (tertiary/aromatic N) is 1. The molecular weight excluding hydrogens is 647 g/mol. The van der Waals surface area contributed by atoms with Crippen LogP contribution >= 0.6 is 0 Å². The summed E-state index contributed by atoms with van der Waals surface area (Å²) in [5, 5.41) is 0. The lowest BCUT2D eigenvalue weighted by atomic mass is 9.85. The highest BCUT2D eigenvalue weighted by Crippen LogP contribution is 2.47. The third kappa shape index (κ3) is 10.7. The van der Waals surface area contributed by atoms with Gasteiger partial charge in [0, 0.05) is 44.9 Å². The van der Waals surface area contributed by atoms with Gasteiger partial charge in [-0.15, -0.1) is 0 Å². The second kappa shape index (κ2) is 20.9. The Morgan fingerprint density at radius 3 is 1.87 bits per heavy atom. The van der Waals surface area contributed by atoms with Crippen LogP contribution in [-0.2, 0) is 29.4 Å². The summed E-state index contributed by atoms with van der Waals surface area (Å²) in [6.07, 6.45) is 29.1. The molecule has 3 saturated heterocycles. The first kappa shape index (κ1) is 40.0. The monoisotopic (exact) mass is 712 g/mol. The summed E-state index contributed by atoms with van der Waals surface area (Å²) in [6, 6.07) is 20.3. The number of piperidine rings is 1.